The van der Waals surface area contributed by atoms with Crippen LogP contribution in [-0.4, -0.2) is 15.8 Å². The van der Waals surface area contributed by atoms with Gasteiger partial charge in [-0.05, 0) is 136 Å². The van der Waals surface area contributed by atoms with Gasteiger partial charge >= 0.3 is 0 Å². The second-order valence-electron chi connectivity index (χ2n) is 24.3. The Morgan fingerprint density at radius 3 is 1.74 bits per heavy atom. The molecule has 0 saturated heterocycles. The van der Waals surface area contributed by atoms with Gasteiger partial charge in [0.05, 0.1) is 18.1 Å². The topological polar surface area (TPSA) is 13.7 Å². The van der Waals surface area contributed by atoms with Gasteiger partial charge in [0.25, 0.3) is 5.82 Å². The average Bonchev–Trinajstić information content (AvgIpc) is 3.77. The SMILES string of the molecule is Cc1ccc(C(C)(C)C)cc1B1c2c(C)cc(-c3ccc(C)c(-c4n(-c5c(C(C)C)cccc5C(C)C)c5ccccc5[n+]4C)c3)cc2-n2c3ccc(C(C)(C)C)cc3c3cc(C(C)(C)C)cc1c32. The highest BCUT2D eigenvalue weighted by molar-refractivity contribution is 6.98. The Labute approximate surface area is 413 Å². The van der Waals surface area contributed by atoms with Crippen molar-refractivity contribution in [2.75, 3.05) is 0 Å². The molecule has 0 saturated carbocycles. The Morgan fingerprint density at radius 2 is 1.09 bits per heavy atom. The van der Waals surface area contributed by atoms with Crippen LogP contribution in [0.1, 0.15) is 146 Å². The summed E-state index contributed by atoms with van der Waals surface area (Å²) in [6, 6.07) is 47.7. The summed E-state index contributed by atoms with van der Waals surface area (Å²) in [5, 5.41) is 2.68. The molecule has 0 spiro atoms. The van der Waals surface area contributed by atoms with Crippen molar-refractivity contribution >= 4 is 55.9 Å². The molecule has 0 atom stereocenters. The van der Waals surface area contributed by atoms with Crippen molar-refractivity contribution < 1.29 is 4.57 Å². The molecule has 9 aromatic rings. The second-order valence-corrected chi connectivity index (χ2v) is 24.3. The lowest BCUT2D eigenvalue weighted by atomic mass is 9.34. The van der Waals surface area contributed by atoms with Gasteiger partial charge in [0.2, 0.25) is 6.71 Å². The fraction of sp³-hybridized carbons (Fsp3) is 0.338. The number of imidazole rings is 1. The summed E-state index contributed by atoms with van der Waals surface area (Å²) in [5.74, 6) is 1.91. The molecule has 2 aromatic heterocycles. The minimum Gasteiger partial charge on any atom is -0.310 e. The first kappa shape index (κ1) is 46.6. The third kappa shape index (κ3) is 7.51. The molecule has 0 radical (unpaired) electrons. The van der Waals surface area contributed by atoms with Gasteiger partial charge in [-0.25, -0.2) is 4.57 Å². The van der Waals surface area contributed by atoms with Crippen LogP contribution in [0.5, 0.6) is 0 Å². The number of benzene rings is 7. The van der Waals surface area contributed by atoms with Crippen molar-refractivity contribution in [3.63, 3.8) is 0 Å². The maximum atomic E-state index is 2.65. The number of aryl methyl sites for hydroxylation is 4. The Morgan fingerprint density at radius 1 is 0.493 bits per heavy atom. The summed E-state index contributed by atoms with van der Waals surface area (Å²) >= 11 is 0. The minimum atomic E-state index is -0.0362. The maximum absolute atomic E-state index is 2.65. The molecule has 0 unspecified atom stereocenters. The van der Waals surface area contributed by atoms with Gasteiger partial charge < -0.3 is 4.57 Å². The molecule has 0 N–H and O–H groups in total. The zero-order chi connectivity index (χ0) is 49.4. The second kappa shape index (κ2) is 16.2. The van der Waals surface area contributed by atoms with Crippen LogP contribution in [0.4, 0.5) is 0 Å². The summed E-state index contributed by atoms with van der Waals surface area (Å²) in [4.78, 5) is 0. The van der Waals surface area contributed by atoms with Crippen LogP contribution in [0.2, 0.25) is 0 Å². The van der Waals surface area contributed by atoms with Gasteiger partial charge in [-0.15, -0.1) is 0 Å². The van der Waals surface area contributed by atoms with E-state index in [2.05, 4.69) is 253 Å². The van der Waals surface area contributed by atoms with E-state index < -0.39 is 0 Å². The van der Waals surface area contributed by atoms with E-state index in [1.165, 1.54) is 128 Å². The molecule has 1 aliphatic heterocycles. The van der Waals surface area contributed by atoms with Crippen LogP contribution in [0.15, 0.2) is 121 Å². The van der Waals surface area contributed by atoms with Crippen molar-refractivity contribution in [2.45, 2.75) is 139 Å². The maximum Gasteiger partial charge on any atom is 0.295 e. The standard InChI is InChI=1S/C65H73BN3/c1-38(2)48-21-20-22-49(39(3)4)60(48)69-57-24-19-18-23-56(57)67(17)62(69)50-32-43(27-25-40(50)5)44-31-42(7)59-58(33-44)68-55-30-29-45(63(8,9)10)34-51(55)52-35-47(65(14,15)16)37-54(61(52)68)66(59)53-36-46(64(11,12)13)28-26-41(53)6/h18-39H,1-17H3/q+1. The third-order valence-corrected chi connectivity index (χ3v) is 15.7. The van der Waals surface area contributed by atoms with Gasteiger partial charge in [0.15, 0.2) is 11.0 Å². The summed E-state index contributed by atoms with van der Waals surface area (Å²) < 4.78 is 7.66. The van der Waals surface area contributed by atoms with Gasteiger partial charge in [-0.2, -0.15) is 4.57 Å². The highest BCUT2D eigenvalue weighted by Crippen LogP contribution is 2.42. The number of hydrogen-bond acceptors (Lipinski definition) is 0. The fourth-order valence-corrected chi connectivity index (χ4v) is 11.6. The van der Waals surface area contributed by atoms with Crippen LogP contribution >= 0.6 is 0 Å². The molecular formula is C65H73BN3+. The van der Waals surface area contributed by atoms with Crippen LogP contribution in [0.25, 0.3) is 66.7 Å². The first-order valence-electron chi connectivity index (χ1n) is 25.6. The first-order chi connectivity index (χ1) is 32.4. The number of rotatable bonds is 6. The number of para-hydroxylation sites is 3. The molecule has 0 bridgehead atoms. The molecular weight excluding hydrogens is 834 g/mol. The Bertz CT molecular complexity index is 3520. The van der Waals surface area contributed by atoms with E-state index in [9.17, 15) is 0 Å². The van der Waals surface area contributed by atoms with E-state index in [-0.39, 0.29) is 23.0 Å². The van der Waals surface area contributed by atoms with Crippen molar-refractivity contribution in [1.29, 1.82) is 0 Å². The molecule has 3 heterocycles. The summed E-state index contributed by atoms with van der Waals surface area (Å²) in [6.45, 7) is 37.5. The smallest absolute Gasteiger partial charge is 0.295 e. The molecule has 7 aromatic carbocycles. The molecule has 1 aliphatic rings. The fourth-order valence-electron chi connectivity index (χ4n) is 11.6. The summed E-state index contributed by atoms with van der Waals surface area (Å²) in [6.07, 6.45) is 0. The molecule has 0 amide bonds. The van der Waals surface area contributed by atoms with Crippen molar-refractivity contribution in [1.82, 2.24) is 9.13 Å². The number of hydrogen-bond donors (Lipinski definition) is 0. The van der Waals surface area contributed by atoms with Gasteiger partial charge in [-0.3, -0.25) is 0 Å². The molecule has 10 rings (SSSR count). The van der Waals surface area contributed by atoms with Crippen molar-refractivity contribution in [3.05, 3.63) is 166 Å². The Kier molecular flexibility index (Phi) is 11.0. The number of nitrogens with zero attached hydrogens (tertiary/aromatic N) is 3. The van der Waals surface area contributed by atoms with E-state index >= 15 is 0 Å². The average molecular weight is 907 g/mol. The number of fused-ring (bicyclic) bond motifs is 6. The molecule has 0 aliphatic carbocycles. The van der Waals surface area contributed by atoms with Gasteiger partial charge in [0, 0.05) is 33.1 Å². The van der Waals surface area contributed by atoms with Crippen molar-refractivity contribution in [3.8, 4) is 33.9 Å². The molecule has 69 heavy (non-hydrogen) atoms. The van der Waals surface area contributed by atoms with Crippen molar-refractivity contribution in [2.24, 2.45) is 7.05 Å². The quantitative estimate of drug-likeness (QED) is 0.117. The van der Waals surface area contributed by atoms with E-state index in [4.69, 9.17) is 0 Å². The summed E-state index contributed by atoms with van der Waals surface area (Å²) in [7, 11) is 2.25. The highest BCUT2D eigenvalue weighted by Gasteiger charge is 2.39. The van der Waals surface area contributed by atoms with Crippen LogP contribution in [0.3, 0.4) is 0 Å². The predicted octanol–water partition coefficient (Wildman–Crippen LogP) is 14.8. The Hall–Kier alpha value is -6.13. The van der Waals surface area contributed by atoms with Gasteiger partial charge in [-0.1, -0.05) is 185 Å². The van der Waals surface area contributed by atoms with Gasteiger partial charge in [0.1, 0.15) is 5.69 Å². The van der Waals surface area contributed by atoms with E-state index in [1.54, 1.807) is 0 Å². The molecule has 3 nitrogen and oxygen atoms in total. The Balaban J connectivity index is 1.29. The number of aromatic nitrogens is 3. The van der Waals surface area contributed by atoms with E-state index in [0.29, 0.717) is 11.8 Å². The lowest BCUT2D eigenvalue weighted by Crippen LogP contribution is -2.58. The minimum absolute atomic E-state index is 0.0123. The van der Waals surface area contributed by atoms with Crippen LogP contribution < -0.4 is 21.0 Å². The normalized spacial score (nSPS) is 13.2. The lowest BCUT2D eigenvalue weighted by Gasteiger charge is -2.32. The third-order valence-electron chi connectivity index (χ3n) is 15.7. The van der Waals surface area contributed by atoms with E-state index in [1.807, 2.05) is 0 Å². The van der Waals surface area contributed by atoms with E-state index in [0.717, 1.165) is 0 Å². The first-order valence-corrected chi connectivity index (χ1v) is 25.6. The van der Waals surface area contributed by atoms with Crippen LogP contribution in [0, 0.1) is 20.8 Å². The monoisotopic (exact) mass is 907 g/mol. The molecule has 0 fully saturated rings. The predicted molar refractivity (Wildman–Crippen MR) is 299 cm³/mol. The van der Waals surface area contributed by atoms with Crippen LogP contribution in [-0.2, 0) is 23.3 Å². The zero-order valence-corrected chi connectivity index (χ0v) is 44.6. The molecule has 350 valence electrons. The highest BCUT2D eigenvalue weighted by atomic mass is 15.2. The lowest BCUT2D eigenvalue weighted by molar-refractivity contribution is -0.633. The molecule has 4 heteroatoms. The summed E-state index contributed by atoms with van der Waals surface area (Å²) in [5.41, 5.74) is 26.3. The largest absolute Gasteiger partial charge is 0.310 e. The zero-order valence-electron chi connectivity index (χ0n) is 44.6.